The van der Waals surface area contributed by atoms with Gasteiger partial charge in [-0.15, -0.1) is 0 Å². The van der Waals surface area contributed by atoms with Crippen molar-refractivity contribution in [2.45, 2.75) is 64.8 Å². The van der Waals surface area contributed by atoms with Crippen LogP contribution in [-0.4, -0.2) is 46.4 Å². The van der Waals surface area contributed by atoms with E-state index in [0.29, 0.717) is 0 Å². The highest BCUT2D eigenvalue weighted by atomic mass is 19.1. The lowest BCUT2D eigenvalue weighted by Crippen LogP contribution is -2.45. The molecule has 19 heavy (non-hydrogen) atoms. The third kappa shape index (κ3) is 7.64. The first-order chi connectivity index (χ1) is 8.33. The first-order valence-electron chi connectivity index (χ1n) is 6.21. The van der Waals surface area contributed by atoms with Crippen LogP contribution in [0.2, 0.25) is 0 Å². The fraction of sp³-hybridized carbons (Fsp3) is 0.846. The van der Waals surface area contributed by atoms with Crippen molar-refractivity contribution < 1.29 is 23.8 Å². The maximum Gasteiger partial charge on any atom is 0.410 e. The summed E-state index contributed by atoms with van der Waals surface area (Å²) in [5.74, 6) is -1.17. The molecule has 0 aliphatic carbocycles. The van der Waals surface area contributed by atoms with Crippen LogP contribution in [0.3, 0.4) is 0 Å². The Kier molecular flexibility index (Phi) is 5.78. The van der Waals surface area contributed by atoms with E-state index >= 15 is 0 Å². The van der Waals surface area contributed by atoms with Crippen LogP contribution in [0.4, 0.5) is 9.18 Å². The van der Waals surface area contributed by atoms with Crippen molar-refractivity contribution in [2.24, 2.45) is 0 Å². The van der Waals surface area contributed by atoms with Gasteiger partial charge in [-0.2, -0.15) is 0 Å². The number of carboxylic acid groups (broad SMARTS) is 1. The summed E-state index contributed by atoms with van der Waals surface area (Å²) < 4.78 is 18.5. The maximum absolute atomic E-state index is 13.4. The van der Waals surface area contributed by atoms with Crippen molar-refractivity contribution in [3.05, 3.63) is 0 Å². The van der Waals surface area contributed by atoms with E-state index in [-0.39, 0.29) is 12.8 Å². The molecule has 0 aliphatic rings. The molecule has 112 valence electrons. The second-order valence-electron chi connectivity index (χ2n) is 6.20. The SMILES string of the molecule is CN(C(=O)OC(C)(C)C)[C@@H](CCC(C)(C)F)C(=O)O. The van der Waals surface area contributed by atoms with Crippen molar-refractivity contribution in [1.29, 1.82) is 0 Å². The number of nitrogens with zero attached hydrogens (tertiary/aromatic N) is 1. The predicted molar refractivity (Wildman–Crippen MR) is 69.8 cm³/mol. The van der Waals surface area contributed by atoms with Crippen LogP contribution in [0.25, 0.3) is 0 Å². The molecule has 1 atom stereocenters. The third-order valence-corrected chi connectivity index (χ3v) is 2.45. The Hall–Kier alpha value is -1.33. The molecule has 6 heteroatoms. The van der Waals surface area contributed by atoms with Crippen LogP contribution >= 0.6 is 0 Å². The highest BCUT2D eigenvalue weighted by molar-refractivity contribution is 5.79. The van der Waals surface area contributed by atoms with E-state index in [1.807, 2.05) is 0 Å². The van der Waals surface area contributed by atoms with Crippen molar-refractivity contribution in [2.75, 3.05) is 7.05 Å². The topological polar surface area (TPSA) is 66.8 Å². The number of hydrogen-bond acceptors (Lipinski definition) is 3. The van der Waals surface area contributed by atoms with Crippen LogP contribution < -0.4 is 0 Å². The van der Waals surface area contributed by atoms with E-state index < -0.39 is 29.4 Å². The van der Waals surface area contributed by atoms with Crippen LogP contribution in [0.15, 0.2) is 0 Å². The molecule has 0 saturated heterocycles. The van der Waals surface area contributed by atoms with E-state index in [1.54, 1.807) is 20.8 Å². The Morgan fingerprint density at radius 3 is 2.05 bits per heavy atom. The lowest BCUT2D eigenvalue weighted by atomic mass is 10.0. The van der Waals surface area contributed by atoms with Crippen LogP contribution in [-0.2, 0) is 9.53 Å². The smallest absolute Gasteiger partial charge is 0.410 e. The Balaban J connectivity index is 4.71. The minimum atomic E-state index is -1.47. The van der Waals surface area contributed by atoms with Gasteiger partial charge < -0.3 is 9.84 Å². The summed E-state index contributed by atoms with van der Waals surface area (Å²) in [6.45, 7) is 7.83. The zero-order valence-corrected chi connectivity index (χ0v) is 12.5. The molecule has 0 fully saturated rings. The van der Waals surface area contributed by atoms with Crippen molar-refractivity contribution in [3.8, 4) is 0 Å². The minimum Gasteiger partial charge on any atom is -0.480 e. The van der Waals surface area contributed by atoms with Gasteiger partial charge in [0.05, 0.1) is 0 Å². The van der Waals surface area contributed by atoms with Crippen molar-refractivity contribution in [3.63, 3.8) is 0 Å². The largest absolute Gasteiger partial charge is 0.480 e. The van der Waals surface area contributed by atoms with E-state index in [1.165, 1.54) is 20.9 Å². The summed E-state index contributed by atoms with van der Waals surface area (Å²) >= 11 is 0. The van der Waals surface area contributed by atoms with E-state index in [2.05, 4.69) is 0 Å². The molecule has 0 rings (SSSR count). The van der Waals surface area contributed by atoms with Crippen LogP contribution in [0.1, 0.15) is 47.5 Å². The van der Waals surface area contributed by atoms with E-state index in [9.17, 15) is 14.0 Å². The molecule has 0 aliphatic heterocycles. The van der Waals surface area contributed by atoms with Gasteiger partial charge in [-0.25, -0.2) is 14.0 Å². The van der Waals surface area contributed by atoms with Crippen LogP contribution in [0.5, 0.6) is 0 Å². The number of carboxylic acids is 1. The zero-order chi connectivity index (χ0) is 15.4. The van der Waals surface area contributed by atoms with Gasteiger partial charge in [-0.1, -0.05) is 0 Å². The number of likely N-dealkylation sites (N-methyl/N-ethyl adjacent to an activating group) is 1. The van der Waals surface area contributed by atoms with E-state index in [0.717, 1.165) is 4.90 Å². The second kappa shape index (κ2) is 6.21. The molecule has 0 aromatic rings. The molecule has 1 amide bonds. The molecule has 5 nitrogen and oxygen atoms in total. The lowest BCUT2D eigenvalue weighted by Gasteiger charge is -2.29. The van der Waals surface area contributed by atoms with Gasteiger partial charge in [0, 0.05) is 7.05 Å². The molecule has 0 aromatic carbocycles. The van der Waals surface area contributed by atoms with Gasteiger partial charge in [-0.05, 0) is 47.5 Å². The fourth-order valence-corrected chi connectivity index (χ4v) is 1.42. The molecule has 0 heterocycles. The number of alkyl halides is 1. The maximum atomic E-state index is 13.4. The number of aliphatic carboxylic acids is 1. The number of carbonyl (C=O) groups excluding carboxylic acids is 1. The lowest BCUT2D eigenvalue weighted by molar-refractivity contribution is -0.143. The minimum absolute atomic E-state index is 0.0363. The highest BCUT2D eigenvalue weighted by Crippen LogP contribution is 2.20. The quantitative estimate of drug-likeness (QED) is 0.839. The van der Waals surface area contributed by atoms with Gasteiger partial charge in [0.15, 0.2) is 0 Å². The Labute approximate surface area is 113 Å². The predicted octanol–water partition coefficient (Wildman–Crippen LogP) is 2.83. The normalized spacial score (nSPS) is 13.8. The molecule has 0 radical (unpaired) electrons. The summed E-state index contributed by atoms with van der Waals surface area (Å²) in [4.78, 5) is 23.9. The van der Waals surface area contributed by atoms with Crippen LogP contribution in [0, 0.1) is 0 Å². The van der Waals surface area contributed by atoms with Gasteiger partial charge in [-0.3, -0.25) is 4.90 Å². The molecule has 1 N–H and O–H groups in total. The standard InChI is InChI=1S/C13H24FNO4/c1-12(2,3)19-11(18)15(6)9(10(16)17)7-8-13(4,5)14/h9H,7-8H2,1-6H3,(H,16,17)/t9-/m0/s1. The van der Waals surface area contributed by atoms with Gasteiger partial charge in [0.1, 0.15) is 17.3 Å². The highest BCUT2D eigenvalue weighted by Gasteiger charge is 2.31. The fourth-order valence-electron chi connectivity index (χ4n) is 1.42. The number of ether oxygens (including phenoxy) is 1. The van der Waals surface area contributed by atoms with Gasteiger partial charge >= 0.3 is 12.1 Å². The number of rotatable bonds is 5. The number of hydrogen-bond donors (Lipinski definition) is 1. The van der Waals surface area contributed by atoms with Gasteiger partial charge in [0.2, 0.25) is 0 Å². The molecule has 0 unspecified atom stereocenters. The molecule has 0 bridgehead atoms. The molecule has 0 spiro atoms. The number of amides is 1. The summed E-state index contributed by atoms with van der Waals surface area (Å²) in [5.41, 5.74) is -2.17. The Morgan fingerprint density at radius 1 is 1.26 bits per heavy atom. The van der Waals surface area contributed by atoms with Crippen molar-refractivity contribution in [1.82, 2.24) is 4.90 Å². The molecular formula is C13H24FNO4. The van der Waals surface area contributed by atoms with E-state index in [4.69, 9.17) is 9.84 Å². The summed E-state index contributed by atoms with van der Waals surface area (Å²) in [6.07, 6.45) is -0.636. The summed E-state index contributed by atoms with van der Waals surface area (Å²) in [5, 5.41) is 9.12. The Morgan fingerprint density at radius 2 is 1.74 bits per heavy atom. The average Bonchev–Trinajstić information content (AvgIpc) is 2.12. The van der Waals surface area contributed by atoms with Gasteiger partial charge in [0.25, 0.3) is 0 Å². The van der Waals surface area contributed by atoms with Crippen molar-refractivity contribution >= 4 is 12.1 Å². The number of halogens is 1. The summed E-state index contributed by atoms with van der Waals surface area (Å²) in [6, 6.07) is -1.09. The Bertz CT molecular complexity index is 331. The zero-order valence-electron chi connectivity index (χ0n) is 12.5. The first kappa shape index (κ1) is 17.7. The molecule has 0 saturated carbocycles. The number of carbonyl (C=O) groups is 2. The third-order valence-electron chi connectivity index (χ3n) is 2.45. The molecule has 0 aromatic heterocycles. The first-order valence-corrected chi connectivity index (χ1v) is 6.21. The monoisotopic (exact) mass is 277 g/mol. The average molecular weight is 277 g/mol. The molecular weight excluding hydrogens is 253 g/mol. The summed E-state index contributed by atoms with van der Waals surface area (Å²) in [7, 11) is 1.35. The second-order valence-corrected chi connectivity index (χ2v) is 6.20.